The molecule has 2 aliphatic rings. The predicted molar refractivity (Wildman–Crippen MR) is 68.5 cm³/mol. The summed E-state index contributed by atoms with van der Waals surface area (Å²) >= 11 is 0. The van der Waals surface area contributed by atoms with E-state index < -0.39 is 0 Å². The second-order valence-electron chi connectivity index (χ2n) is 5.28. The third kappa shape index (κ3) is 2.77. The lowest BCUT2D eigenvalue weighted by Crippen LogP contribution is -2.40. The summed E-state index contributed by atoms with van der Waals surface area (Å²) in [6.45, 7) is 1.53. The van der Waals surface area contributed by atoms with Crippen molar-refractivity contribution in [3.05, 3.63) is 24.5 Å². The first kappa shape index (κ1) is 12.6. The van der Waals surface area contributed by atoms with Gasteiger partial charge in [-0.25, -0.2) is 0 Å². The van der Waals surface area contributed by atoms with Gasteiger partial charge in [0.25, 0.3) is 0 Å². The number of hydrogen-bond acceptors (Lipinski definition) is 5. The minimum absolute atomic E-state index is 0.0185. The Morgan fingerprint density at radius 3 is 2.95 bits per heavy atom. The summed E-state index contributed by atoms with van der Waals surface area (Å²) in [6.07, 6.45) is 6.74. The fourth-order valence-corrected chi connectivity index (χ4v) is 2.84. The summed E-state index contributed by atoms with van der Waals surface area (Å²) in [6, 6.07) is 3.51. The zero-order chi connectivity index (χ0) is 13.1. The second kappa shape index (κ2) is 5.27. The van der Waals surface area contributed by atoms with Gasteiger partial charge in [-0.15, -0.1) is 0 Å². The van der Waals surface area contributed by atoms with E-state index in [1.165, 1.54) is 0 Å². The van der Waals surface area contributed by atoms with E-state index in [2.05, 4.69) is 10.3 Å². The van der Waals surface area contributed by atoms with Gasteiger partial charge >= 0.3 is 5.97 Å². The molecule has 0 aromatic carbocycles. The summed E-state index contributed by atoms with van der Waals surface area (Å²) in [5.41, 5.74) is -0.0366. The third-order valence-electron chi connectivity index (χ3n) is 4.01. The van der Waals surface area contributed by atoms with Crippen LogP contribution in [0, 0.1) is 5.92 Å². The quantitative estimate of drug-likeness (QED) is 0.818. The molecule has 3 rings (SSSR count). The minimum Gasteiger partial charge on any atom is -0.425 e. The van der Waals surface area contributed by atoms with Crippen molar-refractivity contribution in [2.24, 2.45) is 5.92 Å². The highest BCUT2D eigenvalue weighted by atomic mass is 16.5. The average molecular weight is 262 g/mol. The molecule has 1 aliphatic heterocycles. The Kier molecular flexibility index (Phi) is 3.48. The van der Waals surface area contributed by atoms with Crippen molar-refractivity contribution >= 4 is 5.97 Å². The lowest BCUT2D eigenvalue weighted by Gasteiger charge is -2.34. The predicted octanol–water partition coefficient (Wildman–Crippen LogP) is 1.49. The van der Waals surface area contributed by atoms with Crippen LogP contribution < -0.4 is 10.1 Å². The molecule has 1 aliphatic carbocycles. The largest absolute Gasteiger partial charge is 0.425 e. The molecule has 0 radical (unpaired) electrons. The van der Waals surface area contributed by atoms with Crippen LogP contribution in [0.25, 0.3) is 0 Å². The topological polar surface area (TPSA) is 60.5 Å². The van der Waals surface area contributed by atoms with Crippen molar-refractivity contribution in [2.75, 3.05) is 13.3 Å². The molecule has 19 heavy (non-hydrogen) atoms. The number of rotatable bonds is 2. The monoisotopic (exact) mass is 262 g/mol. The number of pyridine rings is 1. The van der Waals surface area contributed by atoms with E-state index >= 15 is 0 Å². The number of nitrogens with zero attached hydrogens (tertiary/aromatic N) is 1. The molecule has 1 saturated heterocycles. The fraction of sp³-hybridized carbons (Fsp3) is 0.571. The molecule has 1 saturated carbocycles. The van der Waals surface area contributed by atoms with E-state index in [4.69, 9.17) is 9.47 Å². The van der Waals surface area contributed by atoms with Gasteiger partial charge in [-0.3, -0.25) is 15.1 Å². The van der Waals surface area contributed by atoms with E-state index in [1.54, 1.807) is 24.5 Å². The van der Waals surface area contributed by atoms with Crippen LogP contribution in [0.5, 0.6) is 5.75 Å². The van der Waals surface area contributed by atoms with Gasteiger partial charge in [0, 0.05) is 12.7 Å². The number of esters is 1. The maximum atomic E-state index is 12.1. The molecule has 2 fully saturated rings. The Hall–Kier alpha value is -1.46. The summed E-state index contributed by atoms with van der Waals surface area (Å²) < 4.78 is 11.1. The number of carbonyl (C=O) groups is 1. The van der Waals surface area contributed by atoms with Crippen molar-refractivity contribution in [3.8, 4) is 5.75 Å². The van der Waals surface area contributed by atoms with E-state index in [1.807, 2.05) is 0 Å². The van der Waals surface area contributed by atoms with Crippen molar-refractivity contribution in [1.82, 2.24) is 10.3 Å². The van der Waals surface area contributed by atoms with Crippen molar-refractivity contribution in [3.63, 3.8) is 0 Å². The van der Waals surface area contributed by atoms with Gasteiger partial charge in [-0.1, -0.05) is 0 Å². The van der Waals surface area contributed by atoms with Crippen LogP contribution in [-0.4, -0.2) is 29.8 Å². The van der Waals surface area contributed by atoms with Gasteiger partial charge in [-0.05, 0) is 37.8 Å². The highest BCUT2D eigenvalue weighted by Crippen LogP contribution is 2.36. The maximum absolute atomic E-state index is 12.1. The number of hydrogen-bond donors (Lipinski definition) is 1. The molecule has 1 N–H and O–H groups in total. The van der Waals surface area contributed by atoms with Gasteiger partial charge in [-0.2, -0.15) is 0 Å². The van der Waals surface area contributed by atoms with Gasteiger partial charge in [0.05, 0.1) is 24.4 Å². The number of ether oxygens (including phenoxy) is 2. The maximum Gasteiger partial charge on any atom is 0.314 e. The second-order valence-corrected chi connectivity index (χ2v) is 5.28. The SMILES string of the molecule is O=C(Oc1cccnc1)C1CCC2(CC1)CNCO2. The Morgan fingerprint density at radius 1 is 1.47 bits per heavy atom. The Labute approximate surface area is 112 Å². The zero-order valence-electron chi connectivity index (χ0n) is 10.8. The van der Waals surface area contributed by atoms with Gasteiger partial charge in [0.1, 0.15) is 5.75 Å². The molecule has 102 valence electrons. The van der Waals surface area contributed by atoms with Crippen LogP contribution >= 0.6 is 0 Å². The lowest BCUT2D eigenvalue weighted by atomic mass is 9.79. The van der Waals surface area contributed by atoms with Crippen LogP contribution in [-0.2, 0) is 9.53 Å². The molecule has 0 bridgehead atoms. The average Bonchev–Trinajstić information content (AvgIpc) is 2.89. The van der Waals surface area contributed by atoms with Crippen LogP contribution in [0.3, 0.4) is 0 Å². The Bertz CT molecular complexity index is 433. The molecular formula is C14H18N2O3. The fourth-order valence-electron chi connectivity index (χ4n) is 2.84. The number of nitrogens with one attached hydrogen (secondary N) is 1. The van der Waals surface area contributed by atoms with E-state index in [0.29, 0.717) is 12.5 Å². The number of aromatic nitrogens is 1. The molecule has 5 heteroatoms. The summed E-state index contributed by atoms with van der Waals surface area (Å²) in [5, 5.41) is 3.22. The smallest absolute Gasteiger partial charge is 0.314 e. The number of carbonyl (C=O) groups excluding carboxylic acids is 1. The molecule has 0 amide bonds. The molecule has 1 aromatic heterocycles. The normalized spacial score (nSPS) is 30.4. The van der Waals surface area contributed by atoms with Crippen LogP contribution in [0.15, 0.2) is 24.5 Å². The van der Waals surface area contributed by atoms with E-state index in [-0.39, 0.29) is 17.5 Å². The highest BCUT2D eigenvalue weighted by molar-refractivity contribution is 5.75. The van der Waals surface area contributed by atoms with Gasteiger partial charge in [0.15, 0.2) is 0 Å². The van der Waals surface area contributed by atoms with Crippen LogP contribution in [0.2, 0.25) is 0 Å². The standard InChI is InChI=1S/C14H18N2O3/c17-13(19-12-2-1-7-15-8-12)11-3-5-14(6-4-11)9-16-10-18-14/h1-2,7-8,11,16H,3-6,9-10H2. The first-order chi connectivity index (χ1) is 9.27. The van der Waals surface area contributed by atoms with Gasteiger partial charge < -0.3 is 9.47 Å². The Morgan fingerprint density at radius 2 is 2.32 bits per heavy atom. The summed E-state index contributed by atoms with van der Waals surface area (Å²) in [4.78, 5) is 16.0. The summed E-state index contributed by atoms with van der Waals surface area (Å²) in [5.74, 6) is 0.357. The Balaban J connectivity index is 1.55. The van der Waals surface area contributed by atoms with Crippen molar-refractivity contribution < 1.29 is 14.3 Å². The van der Waals surface area contributed by atoms with Crippen molar-refractivity contribution in [2.45, 2.75) is 31.3 Å². The third-order valence-corrected chi connectivity index (χ3v) is 4.01. The minimum atomic E-state index is -0.145. The molecular weight excluding hydrogens is 244 g/mol. The lowest BCUT2D eigenvalue weighted by molar-refractivity contribution is -0.142. The molecule has 5 nitrogen and oxygen atoms in total. The van der Waals surface area contributed by atoms with Crippen LogP contribution in [0.4, 0.5) is 0 Å². The van der Waals surface area contributed by atoms with E-state index in [0.717, 1.165) is 32.2 Å². The first-order valence-corrected chi connectivity index (χ1v) is 6.74. The van der Waals surface area contributed by atoms with Gasteiger partial charge in [0.2, 0.25) is 0 Å². The molecule has 1 aromatic rings. The summed E-state index contributed by atoms with van der Waals surface area (Å²) in [7, 11) is 0. The van der Waals surface area contributed by atoms with Crippen molar-refractivity contribution in [1.29, 1.82) is 0 Å². The molecule has 2 heterocycles. The van der Waals surface area contributed by atoms with Crippen LogP contribution in [0.1, 0.15) is 25.7 Å². The molecule has 0 unspecified atom stereocenters. The highest BCUT2D eigenvalue weighted by Gasteiger charge is 2.41. The zero-order valence-corrected chi connectivity index (χ0v) is 10.8. The van der Waals surface area contributed by atoms with E-state index in [9.17, 15) is 4.79 Å². The molecule has 0 atom stereocenters. The molecule has 1 spiro atoms. The first-order valence-electron chi connectivity index (χ1n) is 6.74.